The van der Waals surface area contributed by atoms with E-state index in [0.29, 0.717) is 23.2 Å². The zero-order chi connectivity index (χ0) is 17.5. The van der Waals surface area contributed by atoms with E-state index in [1.165, 1.54) is 19.0 Å². The Hall–Kier alpha value is -3.28. The van der Waals surface area contributed by atoms with Crippen molar-refractivity contribution in [3.8, 4) is 6.07 Å². The predicted molar refractivity (Wildman–Crippen MR) is 93.7 cm³/mol. The first kappa shape index (κ1) is 15.0. The Bertz CT molecular complexity index is 995. The average molecular weight is 347 g/mol. The molecule has 2 fully saturated rings. The molecule has 5 rings (SSSR count). The van der Waals surface area contributed by atoms with E-state index >= 15 is 0 Å². The number of rotatable bonds is 5. The van der Waals surface area contributed by atoms with Crippen LogP contribution in [0.1, 0.15) is 30.1 Å². The lowest BCUT2D eigenvalue weighted by molar-refractivity contribution is 0.424. The lowest BCUT2D eigenvalue weighted by Gasteiger charge is -2.40. The zero-order valence-electron chi connectivity index (χ0n) is 14.1. The summed E-state index contributed by atoms with van der Waals surface area (Å²) in [5, 5.41) is 33.4. The normalized spacial score (nSPS) is 17.1. The van der Waals surface area contributed by atoms with Gasteiger partial charge in [0, 0.05) is 31.5 Å². The zero-order valence-corrected chi connectivity index (χ0v) is 14.1. The molecule has 0 unspecified atom stereocenters. The van der Waals surface area contributed by atoms with Crippen LogP contribution in [0.5, 0.6) is 0 Å². The van der Waals surface area contributed by atoms with Gasteiger partial charge in [-0.25, -0.2) is 0 Å². The van der Waals surface area contributed by atoms with Crippen molar-refractivity contribution in [1.82, 2.24) is 30.0 Å². The minimum Gasteiger partial charge on any atom is -0.367 e. The summed E-state index contributed by atoms with van der Waals surface area (Å²) in [7, 11) is 0. The maximum absolute atomic E-state index is 9.09. The van der Waals surface area contributed by atoms with Gasteiger partial charge < -0.3 is 10.2 Å². The van der Waals surface area contributed by atoms with Crippen molar-refractivity contribution >= 4 is 17.3 Å². The van der Waals surface area contributed by atoms with Gasteiger partial charge in [-0.15, -0.1) is 20.4 Å². The number of nitrogens with one attached hydrogen (secondary N) is 1. The minimum absolute atomic E-state index is 0.477. The summed E-state index contributed by atoms with van der Waals surface area (Å²) in [6.45, 7) is 2.58. The Kier molecular flexibility index (Phi) is 3.41. The fraction of sp³-hybridized carbons (Fsp3) is 0.412. The molecular formula is C17H17N9. The van der Waals surface area contributed by atoms with Crippen LogP contribution in [0.15, 0.2) is 24.4 Å². The first-order valence-electron chi connectivity index (χ1n) is 8.75. The molecule has 4 heterocycles. The maximum atomic E-state index is 9.09. The summed E-state index contributed by atoms with van der Waals surface area (Å²) < 4.78 is 1.89. The summed E-state index contributed by atoms with van der Waals surface area (Å²) >= 11 is 0. The largest absolute Gasteiger partial charge is 0.367 e. The third-order valence-corrected chi connectivity index (χ3v) is 4.90. The van der Waals surface area contributed by atoms with Crippen LogP contribution in [0.3, 0.4) is 0 Å². The molecule has 0 amide bonds. The van der Waals surface area contributed by atoms with E-state index < -0.39 is 0 Å². The topological polar surface area (TPSA) is 108 Å². The second kappa shape index (κ2) is 5.91. The van der Waals surface area contributed by atoms with Crippen molar-refractivity contribution < 1.29 is 0 Å². The number of nitrogens with zero attached hydrogens (tertiary/aromatic N) is 8. The fourth-order valence-electron chi connectivity index (χ4n) is 3.24. The molecule has 26 heavy (non-hydrogen) atoms. The molecule has 1 saturated carbocycles. The van der Waals surface area contributed by atoms with Gasteiger partial charge in [0.05, 0.1) is 11.8 Å². The Morgan fingerprint density at radius 2 is 2.04 bits per heavy atom. The van der Waals surface area contributed by atoms with E-state index in [9.17, 15) is 0 Å². The Labute approximate surface area is 149 Å². The van der Waals surface area contributed by atoms with Gasteiger partial charge >= 0.3 is 0 Å². The molecule has 1 aliphatic heterocycles. The van der Waals surface area contributed by atoms with Gasteiger partial charge in [-0.05, 0) is 31.0 Å². The molecule has 2 aliphatic rings. The van der Waals surface area contributed by atoms with Gasteiger partial charge in [-0.3, -0.25) is 0 Å². The quantitative estimate of drug-likeness (QED) is 0.734. The van der Waals surface area contributed by atoms with Gasteiger partial charge in [0.1, 0.15) is 11.9 Å². The van der Waals surface area contributed by atoms with Crippen molar-refractivity contribution in [3.63, 3.8) is 0 Å². The molecule has 9 nitrogen and oxygen atoms in total. The first-order chi connectivity index (χ1) is 12.8. The lowest BCUT2D eigenvalue weighted by atomic mass is 10.0. The van der Waals surface area contributed by atoms with Gasteiger partial charge in [-0.1, -0.05) is 0 Å². The highest BCUT2D eigenvalue weighted by Crippen LogP contribution is 2.38. The van der Waals surface area contributed by atoms with E-state index in [1.54, 1.807) is 6.07 Å². The molecule has 0 bridgehead atoms. The Balaban J connectivity index is 1.23. The van der Waals surface area contributed by atoms with Crippen LogP contribution in [0.2, 0.25) is 0 Å². The molecule has 1 aliphatic carbocycles. The second-order valence-corrected chi connectivity index (χ2v) is 6.85. The molecule has 0 aromatic carbocycles. The molecule has 0 spiro atoms. The molecule has 0 radical (unpaired) electrons. The average Bonchev–Trinajstić information content (AvgIpc) is 3.40. The number of anilines is 2. The highest BCUT2D eigenvalue weighted by Gasteiger charge is 2.31. The van der Waals surface area contributed by atoms with Crippen molar-refractivity contribution in [1.29, 1.82) is 5.26 Å². The molecule has 0 atom stereocenters. The van der Waals surface area contributed by atoms with E-state index in [1.807, 2.05) is 16.6 Å². The van der Waals surface area contributed by atoms with Crippen LogP contribution < -0.4 is 10.2 Å². The molecular weight excluding hydrogens is 330 g/mol. The van der Waals surface area contributed by atoms with Gasteiger partial charge in [0.25, 0.3) is 0 Å². The molecule has 3 aromatic heterocycles. The fourth-order valence-corrected chi connectivity index (χ4v) is 3.24. The predicted octanol–water partition coefficient (Wildman–Crippen LogP) is 1.21. The summed E-state index contributed by atoms with van der Waals surface area (Å²) in [4.78, 5) is 2.24. The number of nitriles is 1. The molecule has 1 saturated heterocycles. The number of hydrogen-bond acceptors (Lipinski definition) is 8. The Morgan fingerprint density at radius 1 is 1.15 bits per heavy atom. The third kappa shape index (κ3) is 2.60. The van der Waals surface area contributed by atoms with Gasteiger partial charge in [-0.2, -0.15) is 14.9 Å². The monoisotopic (exact) mass is 347 g/mol. The molecule has 3 aromatic rings. The molecule has 1 N–H and O–H groups in total. The van der Waals surface area contributed by atoms with Crippen LogP contribution in [-0.2, 0) is 0 Å². The number of hydrogen-bond donors (Lipinski definition) is 1. The summed E-state index contributed by atoms with van der Waals surface area (Å²) in [6, 6.07) is 7.77. The van der Waals surface area contributed by atoms with E-state index in [-0.39, 0.29) is 0 Å². The maximum Gasteiger partial charge on any atom is 0.178 e. The first-order valence-corrected chi connectivity index (χ1v) is 8.75. The lowest BCUT2D eigenvalue weighted by Crippen LogP contribution is -2.50. The highest BCUT2D eigenvalue weighted by molar-refractivity contribution is 5.51. The summed E-state index contributed by atoms with van der Waals surface area (Å²) in [6.07, 6.45) is 3.88. The van der Waals surface area contributed by atoms with Crippen molar-refractivity contribution in [3.05, 3.63) is 35.8 Å². The molecule has 130 valence electrons. The smallest absolute Gasteiger partial charge is 0.178 e. The highest BCUT2D eigenvalue weighted by atomic mass is 15.4. The SMILES string of the molecule is N#Cc1ccnnc1NCC1CN(c2ccc3nnc(C4CC4)n3n2)C1. The van der Waals surface area contributed by atoms with Crippen LogP contribution in [-0.4, -0.2) is 49.6 Å². The summed E-state index contributed by atoms with van der Waals surface area (Å²) in [5.74, 6) is 3.47. The van der Waals surface area contributed by atoms with Crippen LogP contribution in [0.25, 0.3) is 5.65 Å². The van der Waals surface area contributed by atoms with E-state index in [0.717, 1.165) is 36.9 Å². The van der Waals surface area contributed by atoms with E-state index in [2.05, 4.69) is 36.7 Å². The Morgan fingerprint density at radius 3 is 2.85 bits per heavy atom. The van der Waals surface area contributed by atoms with E-state index in [4.69, 9.17) is 10.4 Å². The van der Waals surface area contributed by atoms with Gasteiger partial charge in [0.15, 0.2) is 17.3 Å². The van der Waals surface area contributed by atoms with Crippen LogP contribution in [0, 0.1) is 17.2 Å². The van der Waals surface area contributed by atoms with Crippen molar-refractivity contribution in [2.45, 2.75) is 18.8 Å². The third-order valence-electron chi connectivity index (χ3n) is 4.90. The van der Waals surface area contributed by atoms with Crippen molar-refractivity contribution in [2.75, 3.05) is 29.9 Å². The minimum atomic E-state index is 0.477. The molecule has 9 heteroatoms. The summed E-state index contributed by atoms with van der Waals surface area (Å²) in [5.41, 5.74) is 1.32. The van der Waals surface area contributed by atoms with Crippen LogP contribution in [0.4, 0.5) is 11.6 Å². The number of aromatic nitrogens is 6. The van der Waals surface area contributed by atoms with Gasteiger partial charge in [0.2, 0.25) is 0 Å². The standard InChI is InChI=1S/C17H17N9/c18-7-13-5-6-20-22-16(13)19-8-11-9-25(10-11)15-4-3-14-21-23-17(12-1-2-12)26(14)24-15/h3-6,11-12H,1-2,8-10H2,(H,19,22). The van der Waals surface area contributed by atoms with Crippen molar-refractivity contribution in [2.24, 2.45) is 5.92 Å². The second-order valence-electron chi connectivity index (χ2n) is 6.85. The van der Waals surface area contributed by atoms with Crippen LogP contribution >= 0.6 is 0 Å². The number of fused-ring (bicyclic) bond motifs is 1.